The van der Waals surface area contributed by atoms with E-state index in [1.807, 2.05) is 0 Å². The summed E-state index contributed by atoms with van der Waals surface area (Å²) in [6, 6.07) is 0. The highest BCUT2D eigenvalue weighted by Gasteiger charge is 2.35. The first-order valence-corrected chi connectivity index (χ1v) is 6.76. The molecule has 0 aliphatic heterocycles. The van der Waals surface area contributed by atoms with Crippen LogP contribution in [0, 0.1) is 0 Å². The van der Waals surface area contributed by atoms with Crippen LogP contribution in [0.15, 0.2) is 10.8 Å². The van der Waals surface area contributed by atoms with Crippen molar-refractivity contribution in [3.05, 3.63) is 41.7 Å². The lowest BCUT2D eigenvalue weighted by Gasteiger charge is -2.10. The molecule has 2 aromatic rings. The third kappa shape index (κ3) is 1.18. The van der Waals surface area contributed by atoms with Gasteiger partial charge < -0.3 is 0 Å². The first-order valence-electron chi connectivity index (χ1n) is 4.24. The molecule has 1 aliphatic carbocycles. The highest BCUT2D eigenvalue weighted by molar-refractivity contribution is 7.16. The van der Waals surface area contributed by atoms with Crippen LogP contribution >= 0.6 is 45.9 Å². The van der Waals surface area contributed by atoms with E-state index in [2.05, 4.69) is 0 Å². The number of hydrogen-bond acceptors (Lipinski definition) is 4. The van der Waals surface area contributed by atoms with Crippen molar-refractivity contribution >= 4 is 57.4 Å². The summed E-state index contributed by atoms with van der Waals surface area (Å²) in [5.41, 5.74) is 0.644. The molecule has 0 amide bonds. The van der Waals surface area contributed by atoms with Crippen LogP contribution in [0.5, 0.6) is 0 Å². The topological polar surface area (TPSA) is 34.1 Å². The molecule has 0 bridgehead atoms. The average molecular weight is 289 g/mol. The largest absolute Gasteiger partial charge is 0.288 e. The number of hydrogen-bond donors (Lipinski definition) is 0. The average Bonchev–Trinajstić information content (AvgIpc) is 2.80. The Hall–Kier alpha value is -0.680. The molecule has 1 aliphatic rings. The van der Waals surface area contributed by atoms with Crippen LogP contribution in [0.1, 0.15) is 30.5 Å². The SMILES string of the molecule is O=C1c2scc(Cl)c2C(=O)c2scc(Cl)c21. The van der Waals surface area contributed by atoms with Gasteiger partial charge in [0, 0.05) is 10.8 Å². The fourth-order valence-corrected chi connectivity index (χ4v) is 4.14. The molecule has 0 radical (unpaired) electrons. The number of halogens is 2. The normalized spacial score (nSPS) is 13.9. The molecule has 2 nitrogen and oxygen atoms in total. The van der Waals surface area contributed by atoms with E-state index in [0.29, 0.717) is 30.9 Å². The van der Waals surface area contributed by atoms with E-state index >= 15 is 0 Å². The van der Waals surface area contributed by atoms with Crippen molar-refractivity contribution < 1.29 is 9.59 Å². The van der Waals surface area contributed by atoms with E-state index in [4.69, 9.17) is 23.2 Å². The van der Waals surface area contributed by atoms with Crippen molar-refractivity contribution in [1.29, 1.82) is 0 Å². The van der Waals surface area contributed by atoms with E-state index in [1.54, 1.807) is 10.8 Å². The summed E-state index contributed by atoms with van der Waals surface area (Å²) in [6.45, 7) is 0. The molecule has 6 heteroatoms. The second-order valence-corrected chi connectivity index (χ2v) is 5.81. The predicted molar refractivity (Wildman–Crippen MR) is 65.5 cm³/mol. The zero-order valence-corrected chi connectivity index (χ0v) is 10.7. The van der Waals surface area contributed by atoms with E-state index in [1.165, 1.54) is 22.7 Å². The molecule has 0 atom stereocenters. The first kappa shape index (κ1) is 10.5. The number of rotatable bonds is 0. The molecule has 0 unspecified atom stereocenters. The quantitative estimate of drug-likeness (QED) is 0.629. The fourth-order valence-electron chi connectivity index (χ4n) is 1.66. The second-order valence-electron chi connectivity index (χ2n) is 3.23. The maximum atomic E-state index is 12.1. The lowest BCUT2D eigenvalue weighted by atomic mass is 9.96. The van der Waals surface area contributed by atoms with Crippen LogP contribution in [0.2, 0.25) is 10.0 Å². The minimum absolute atomic E-state index is 0.201. The molecule has 0 saturated carbocycles. The highest BCUT2D eigenvalue weighted by Crippen LogP contribution is 2.41. The zero-order chi connectivity index (χ0) is 11.4. The van der Waals surface area contributed by atoms with Gasteiger partial charge in [0.2, 0.25) is 11.6 Å². The molecule has 2 aromatic heterocycles. The minimum Gasteiger partial charge on any atom is -0.288 e. The molecule has 2 heterocycles. The second kappa shape index (κ2) is 3.40. The fraction of sp³-hybridized carbons (Fsp3) is 0. The summed E-state index contributed by atoms with van der Waals surface area (Å²) in [5.74, 6) is -0.402. The molecular formula is C10H2Cl2O2S2. The maximum Gasteiger partial charge on any atom is 0.206 e. The van der Waals surface area contributed by atoms with Gasteiger partial charge in [0.25, 0.3) is 0 Å². The Bertz CT molecular complexity index is 583. The lowest BCUT2D eigenvalue weighted by Crippen LogP contribution is -2.16. The zero-order valence-electron chi connectivity index (χ0n) is 7.54. The summed E-state index contributed by atoms with van der Waals surface area (Å²) < 4.78 is 0. The van der Waals surface area contributed by atoms with Crippen molar-refractivity contribution in [2.45, 2.75) is 0 Å². The number of thiophene rings is 2. The summed E-state index contributed by atoms with van der Waals surface area (Å²) in [4.78, 5) is 24.9. The van der Waals surface area contributed by atoms with Gasteiger partial charge in [0.15, 0.2) is 0 Å². The predicted octanol–water partition coefficient (Wildman–Crippen LogP) is 3.89. The Morgan fingerprint density at radius 3 is 1.56 bits per heavy atom. The van der Waals surface area contributed by atoms with Gasteiger partial charge in [-0.2, -0.15) is 0 Å². The Labute approximate surface area is 108 Å². The third-order valence-electron chi connectivity index (χ3n) is 2.36. The molecule has 80 valence electrons. The molecule has 0 spiro atoms. The molecule has 0 aromatic carbocycles. The van der Waals surface area contributed by atoms with Crippen LogP contribution in [0.3, 0.4) is 0 Å². The van der Waals surface area contributed by atoms with Gasteiger partial charge in [-0.25, -0.2) is 0 Å². The van der Waals surface area contributed by atoms with E-state index in [9.17, 15) is 9.59 Å². The lowest BCUT2D eigenvalue weighted by molar-refractivity contribution is 0.0986. The monoisotopic (exact) mass is 288 g/mol. The van der Waals surface area contributed by atoms with Crippen molar-refractivity contribution in [1.82, 2.24) is 0 Å². The number of ketones is 2. The molecule has 0 N–H and O–H groups in total. The summed E-state index contributed by atoms with van der Waals surface area (Å²) in [5, 5.41) is 3.89. The Morgan fingerprint density at radius 2 is 1.19 bits per heavy atom. The minimum atomic E-state index is -0.201. The van der Waals surface area contributed by atoms with E-state index in [0.717, 1.165) is 0 Å². The van der Waals surface area contributed by atoms with E-state index in [-0.39, 0.29) is 11.6 Å². The highest BCUT2D eigenvalue weighted by atomic mass is 35.5. The van der Waals surface area contributed by atoms with Gasteiger partial charge in [-0.15, -0.1) is 22.7 Å². The van der Waals surface area contributed by atoms with Crippen LogP contribution in [0.4, 0.5) is 0 Å². The Balaban J connectivity index is 2.38. The Morgan fingerprint density at radius 1 is 0.812 bits per heavy atom. The Kier molecular flexibility index (Phi) is 2.23. The van der Waals surface area contributed by atoms with Crippen LogP contribution < -0.4 is 0 Å². The molecular weight excluding hydrogens is 287 g/mol. The molecule has 16 heavy (non-hydrogen) atoms. The van der Waals surface area contributed by atoms with E-state index < -0.39 is 0 Å². The van der Waals surface area contributed by atoms with Crippen LogP contribution in [0.25, 0.3) is 0 Å². The standard InChI is InChI=1S/C10H2Cl2O2S2/c11-3-1-15-9-5(3)7(13)10-6(8(9)14)4(12)2-16-10/h1-2H. The summed E-state index contributed by atoms with van der Waals surface area (Å²) in [6.07, 6.45) is 0. The number of carbonyl (C=O) groups excluding carboxylic acids is 2. The first-order chi connectivity index (χ1) is 7.61. The van der Waals surface area contributed by atoms with Crippen molar-refractivity contribution in [3.8, 4) is 0 Å². The van der Waals surface area contributed by atoms with Gasteiger partial charge in [-0.3, -0.25) is 9.59 Å². The van der Waals surface area contributed by atoms with Gasteiger partial charge in [0.1, 0.15) is 0 Å². The smallest absolute Gasteiger partial charge is 0.206 e. The summed E-state index contributed by atoms with van der Waals surface area (Å²) in [7, 11) is 0. The van der Waals surface area contributed by atoms with Crippen molar-refractivity contribution in [2.24, 2.45) is 0 Å². The third-order valence-corrected chi connectivity index (χ3v) is 5.17. The van der Waals surface area contributed by atoms with Gasteiger partial charge in [0.05, 0.1) is 30.9 Å². The molecule has 0 fully saturated rings. The summed E-state index contributed by atoms with van der Waals surface area (Å²) >= 11 is 14.2. The van der Waals surface area contributed by atoms with Gasteiger partial charge >= 0.3 is 0 Å². The molecule has 3 rings (SSSR count). The number of fused-ring (bicyclic) bond motifs is 2. The van der Waals surface area contributed by atoms with Crippen molar-refractivity contribution in [2.75, 3.05) is 0 Å². The van der Waals surface area contributed by atoms with Gasteiger partial charge in [-0.05, 0) is 0 Å². The van der Waals surface area contributed by atoms with Crippen LogP contribution in [-0.4, -0.2) is 11.6 Å². The van der Waals surface area contributed by atoms with Crippen molar-refractivity contribution in [3.63, 3.8) is 0 Å². The maximum absolute atomic E-state index is 12.1. The van der Waals surface area contributed by atoms with Crippen LogP contribution in [-0.2, 0) is 0 Å². The molecule has 0 saturated heterocycles. The van der Waals surface area contributed by atoms with Gasteiger partial charge in [-0.1, -0.05) is 23.2 Å². The number of carbonyl (C=O) groups is 2.